The Hall–Kier alpha value is -1.88. The second-order valence-corrected chi connectivity index (χ2v) is 8.26. The molecule has 0 aromatic heterocycles. The lowest BCUT2D eigenvalue weighted by atomic mass is 9.85. The third kappa shape index (κ3) is 7.26. The molecule has 0 aliphatic heterocycles. The Labute approximate surface area is 152 Å². The Balaban J connectivity index is 2.69. The molecule has 0 saturated carbocycles. The highest BCUT2D eigenvalue weighted by Gasteiger charge is 2.22. The molecule has 0 heterocycles. The van der Waals surface area contributed by atoms with Crippen molar-refractivity contribution in [2.45, 2.75) is 66.0 Å². The van der Waals surface area contributed by atoms with E-state index in [-0.39, 0.29) is 30.0 Å². The average Bonchev–Trinajstić information content (AvgIpc) is 2.45. The van der Waals surface area contributed by atoms with Gasteiger partial charge in [0.25, 0.3) is 5.91 Å². The summed E-state index contributed by atoms with van der Waals surface area (Å²) in [6, 6.07) is 8.35. The van der Waals surface area contributed by atoms with Crippen LogP contribution in [0.25, 0.3) is 0 Å². The Morgan fingerprint density at radius 3 is 2.04 bits per heavy atom. The summed E-state index contributed by atoms with van der Waals surface area (Å²) in [5.41, 5.74) is 2.61. The number of urea groups is 1. The molecule has 1 aromatic rings. The van der Waals surface area contributed by atoms with Gasteiger partial charge in [-0.2, -0.15) is 0 Å². The van der Waals surface area contributed by atoms with Gasteiger partial charge in [-0.05, 0) is 24.8 Å². The van der Waals surface area contributed by atoms with Crippen LogP contribution in [0.15, 0.2) is 24.3 Å². The van der Waals surface area contributed by atoms with Gasteiger partial charge in [-0.3, -0.25) is 10.1 Å². The van der Waals surface area contributed by atoms with Crippen LogP contribution in [0, 0.1) is 5.92 Å². The predicted octanol–water partition coefficient (Wildman–Crippen LogP) is 2.48. The molecule has 0 fully saturated rings. The number of hydrogen-bond donors (Lipinski definition) is 3. The molecule has 1 aromatic carbocycles. The third-order valence-corrected chi connectivity index (χ3v) is 4.11. The van der Waals surface area contributed by atoms with Crippen LogP contribution in [0.3, 0.4) is 0 Å². The maximum absolute atomic E-state index is 12.0. The zero-order valence-electron chi connectivity index (χ0n) is 16.6. The van der Waals surface area contributed by atoms with Gasteiger partial charge in [-0.15, -0.1) is 0 Å². The molecule has 4 N–H and O–H groups in total. The van der Waals surface area contributed by atoms with Gasteiger partial charge in [0.05, 0.1) is 0 Å². The lowest BCUT2D eigenvalue weighted by Crippen LogP contribution is -2.88. The van der Waals surface area contributed by atoms with Gasteiger partial charge in [0, 0.05) is 17.5 Å². The second kappa shape index (κ2) is 8.99. The average molecular weight is 349 g/mol. The molecule has 5 heteroatoms. The molecule has 0 unspecified atom stereocenters. The number of benzene rings is 1. The fraction of sp³-hybridized carbons (Fsp3) is 0.600. The molecular weight excluding hydrogens is 314 g/mol. The van der Waals surface area contributed by atoms with Gasteiger partial charge in [0.2, 0.25) is 0 Å². The maximum atomic E-state index is 12.0. The maximum Gasteiger partial charge on any atom is 0.321 e. The highest BCUT2D eigenvalue weighted by molar-refractivity contribution is 5.94. The topological polar surface area (TPSA) is 74.8 Å². The summed E-state index contributed by atoms with van der Waals surface area (Å²) in [7, 11) is 0. The van der Waals surface area contributed by atoms with Crippen LogP contribution in [-0.2, 0) is 10.2 Å². The number of carbonyl (C=O) groups excluding carboxylic acids is 2. The summed E-state index contributed by atoms with van der Waals surface area (Å²) >= 11 is 0. The molecule has 1 rings (SSSR count). The van der Waals surface area contributed by atoms with E-state index < -0.39 is 6.03 Å². The first-order valence-electron chi connectivity index (χ1n) is 9.04. The van der Waals surface area contributed by atoms with Gasteiger partial charge in [0.15, 0.2) is 6.54 Å². The van der Waals surface area contributed by atoms with Gasteiger partial charge in [0.1, 0.15) is 6.04 Å². The summed E-state index contributed by atoms with van der Waals surface area (Å²) in [5.74, 6) is 0.0906. The zero-order chi connectivity index (χ0) is 19.2. The van der Waals surface area contributed by atoms with E-state index in [9.17, 15) is 9.59 Å². The second-order valence-electron chi connectivity index (χ2n) is 8.26. The first-order valence-corrected chi connectivity index (χ1v) is 9.04. The Morgan fingerprint density at radius 2 is 1.60 bits per heavy atom. The molecule has 0 radical (unpaired) electrons. The molecule has 0 spiro atoms. The number of carbonyl (C=O) groups is 2. The van der Waals surface area contributed by atoms with Gasteiger partial charge in [-0.1, -0.05) is 58.9 Å². The van der Waals surface area contributed by atoms with Crippen molar-refractivity contribution >= 4 is 11.9 Å². The molecule has 0 bridgehead atoms. The molecule has 0 saturated heterocycles. The van der Waals surface area contributed by atoms with Crippen LogP contribution in [0.1, 0.15) is 65.6 Å². The van der Waals surface area contributed by atoms with Crippen LogP contribution >= 0.6 is 0 Å². The van der Waals surface area contributed by atoms with E-state index in [0.717, 1.165) is 0 Å². The Kier molecular flexibility index (Phi) is 7.61. The van der Waals surface area contributed by atoms with Crippen LogP contribution < -0.4 is 16.0 Å². The van der Waals surface area contributed by atoms with Crippen molar-refractivity contribution in [1.29, 1.82) is 0 Å². The van der Waals surface area contributed by atoms with E-state index in [2.05, 4.69) is 69.5 Å². The van der Waals surface area contributed by atoms with E-state index in [1.165, 1.54) is 11.1 Å². The molecule has 3 amide bonds. The van der Waals surface area contributed by atoms with Crippen molar-refractivity contribution in [1.82, 2.24) is 10.6 Å². The largest absolute Gasteiger partial charge is 0.336 e. The van der Waals surface area contributed by atoms with Crippen molar-refractivity contribution < 1.29 is 14.9 Å². The minimum Gasteiger partial charge on any atom is -0.336 e. The Bertz CT molecular complexity index is 572. The molecule has 0 aliphatic rings. The summed E-state index contributed by atoms with van der Waals surface area (Å²) in [6.45, 7) is 14.8. The normalized spacial score (nSPS) is 13.0. The summed E-state index contributed by atoms with van der Waals surface area (Å²) in [5, 5.41) is 7.01. The van der Waals surface area contributed by atoms with Crippen molar-refractivity contribution in [2.75, 3.05) is 6.54 Å². The highest BCUT2D eigenvalue weighted by Crippen LogP contribution is 2.25. The number of nitrogens with one attached hydrogen (secondary N) is 2. The number of nitrogens with two attached hydrogens (primary N) is 1. The van der Waals surface area contributed by atoms with Crippen LogP contribution in [0.5, 0.6) is 0 Å². The van der Waals surface area contributed by atoms with Gasteiger partial charge >= 0.3 is 6.03 Å². The van der Waals surface area contributed by atoms with Crippen molar-refractivity contribution in [3.05, 3.63) is 35.4 Å². The molecule has 1 atom stereocenters. The fourth-order valence-corrected chi connectivity index (χ4v) is 2.71. The monoisotopic (exact) mass is 348 g/mol. The fourth-order valence-electron chi connectivity index (χ4n) is 2.71. The van der Waals surface area contributed by atoms with E-state index in [0.29, 0.717) is 5.92 Å². The number of imide groups is 1. The van der Waals surface area contributed by atoms with E-state index >= 15 is 0 Å². The minimum absolute atomic E-state index is 0.00141. The quantitative estimate of drug-likeness (QED) is 0.739. The SMILES string of the molecule is CC(C)NC(=O)NC(=O)C[NH2+][C@@H](c1ccc(C(C)(C)C)cc1)C(C)C. The summed E-state index contributed by atoms with van der Waals surface area (Å²) in [4.78, 5) is 23.6. The number of rotatable bonds is 6. The standard InChI is InChI=1S/C20H33N3O2/c1-13(2)18(15-8-10-16(11-9-15)20(5,6)7)21-12-17(24)23-19(25)22-14(3)4/h8-11,13-14,18,21H,12H2,1-7H3,(H2,22,23,24,25)/p+1/t18-/m1/s1. The third-order valence-electron chi connectivity index (χ3n) is 4.11. The van der Waals surface area contributed by atoms with E-state index in [1.54, 1.807) is 0 Å². The molecule has 0 aliphatic carbocycles. The number of quaternary nitrogens is 1. The van der Waals surface area contributed by atoms with Crippen LogP contribution in [-0.4, -0.2) is 24.5 Å². The van der Waals surface area contributed by atoms with Crippen molar-refractivity contribution in [3.63, 3.8) is 0 Å². The zero-order valence-corrected chi connectivity index (χ0v) is 16.6. The van der Waals surface area contributed by atoms with Gasteiger partial charge < -0.3 is 10.6 Å². The molecule has 140 valence electrons. The lowest BCUT2D eigenvalue weighted by Gasteiger charge is -2.22. The van der Waals surface area contributed by atoms with Crippen molar-refractivity contribution in [2.24, 2.45) is 5.92 Å². The first kappa shape index (κ1) is 21.2. The van der Waals surface area contributed by atoms with E-state index in [4.69, 9.17) is 0 Å². The Morgan fingerprint density at radius 1 is 1.04 bits per heavy atom. The smallest absolute Gasteiger partial charge is 0.321 e. The summed E-state index contributed by atoms with van der Waals surface area (Å²) in [6.07, 6.45) is 0. The summed E-state index contributed by atoms with van der Waals surface area (Å²) < 4.78 is 0. The van der Waals surface area contributed by atoms with Crippen LogP contribution in [0.4, 0.5) is 4.79 Å². The van der Waals surface area contributed by atoms with Gasteiger partial charge in [-0.25, -0.2) is 4.79 Å². The van der Waals surface area contributed by atoms with E-state index in [1.807, 2.05) is 19.2 Å². The number of amides is 3. The predicted molar refractivity (Wildman–Crippen MR) is 101 cm³/mol. The van der Waals surface area contributed by atoms with Crippen molar-refractivity contribution in [3.8, 4) is 0 Å². The molecule has 5 nitrogen and oxygen atoms in total. The van der Waals surface area contributed by atoms with Crippen LogP contribution in [0.2, 0.25) is 0 Å². The minimum atomic E-state index is -0.441. The molecule has 25 heavy (non-hydrogen) atoms. The highest BCUT2D eigenvalue weighted by atomic mass is 16.2. The molecular formula is C20H34N3O2+. The lowest BCUT2D eigenvalue weighted by molar-refractivity contribution is -0.692. The number of hydrogen-bond acceptors (Lipinski definition) is 2. The first-order chi connectivity index (χ1) is 11.5.